The van der Waals surface area contributed by atoms with Gasteiger partial charge in [-0.25, -0.2) is 0 Å². The molecule has 78 valence electrons. The Bertz CT molecular complexity index is 139. The summed E-state index contributed by atoms with van der Waals surface area (Å²) in [5.74, 6) is 0.707. The van der Waals surface area contributed by atoms with Gasteiger partial charge < -0.3 is 14.7 Å². The highest BCUT2D eigenvalue weighted by Gasteiger charge is 2.21. The molecule has 1 aliphatic heterocycles. The molecule has 0 saturated carbocycles. The third-order valence-corrected chi connectivity index (χ3v) is 2.64. The number of likely N-dealkylation sites (tertiary alicyclic amines) is 1. The summed E-state index contributed by atoms with van der Waals surface area (Å²) in [4.78, 5) is 2.41. The summed E-state index contributed by atoms with van der Waals surface area (Å²) in [6.45, 7) is 6.06. The minimum absolute atomic E-state index is 0.165. The lowest BCUT2D eigenvalue weighted by Crippen LogP contribution is -2.25. The fraction of sp³-hybridized carbons (Fsp3) is 1.00. The average Bonchev–Trinajstić information content (AvgIpc) is 2.50. The summed E-state index contributed by atoms with van der Waals surface area (Å²) >= 11 is 0. The molecule has 0 aliphatic carbocycles. The summed E-state index contributed by atoms with van der Waals surface area (Å²) in [6.07, 6.45) is 1.97. The third-order valence-electron chi connectivity index (χ3n) is 2.64. The Morgan fingerprint density at radius 3 is 3.00 bits per heavy atom. The average molecular weight is 187 g/mol. The lowest BCUT2D eigenvalue weighted by Gasteiger charge is -2.16. The smallest absolute Gasteiger partial charge is 0.0524 e. The Hall–Kier alpha value is -0.120. The van der Waals surface area contributed by atoms with Crippen LogP contribution >= 0.6 is 0 Å². The molecule has 3 nitrogen and oxygen atoms in total. The monoisotopic (exact) mass is 187 g/mol. The Balaban J connectivity index is 2.10. The van der Waals surface area contributed by atoms with Crippen LogP contribution < -0.4 is 0 Å². The first kappa shape index (κ1) is 11.0. The summed E-state index contributed by atoms with van der Waals surface area (Å²) in [6, 6.07) is 0. The maximum Gasteiger partial charge on any atom is 0.0524 e. The molecule has 2 unspecified atom stereocenters. The summed E-state index contributed by atoms with van der Waals surface area (Å²) in [5, 5.41) is 9.13. The normalized spacial score (nSPS) is 26.5. The van der Waals surface area contributed by atoms with Gasteiger partial charge >= 0.3 is 0 Å². The van der Waals surface area contributed by atoms with Crippen LogP contribution in [0, 0.1) is 5.92 Å². The largest absolute Gasteiger partial charge is 0.393 e. The van der Waals surface area contributed by atoms with Crippen LogP contribution in [-0.2, 0) is 4.74 Å². The molecule has 13 heavy (non-hydrogen) atoms. The Labute approximate surface area is 80.7 Å². The molecule has 1 heterocycles. The SMILES string of the molecule is COCC1CCN(CCC(C)O)C1. The van der Waals surface area contributed by atoms with Gasteiger partial charge in [-0.1, -0.05) is 0 Å². The Morgan fingerprint density at radius 2 is 2.38 bits per heavy atom. The van der Waals surface area contributed by atoms with Gasteiger partial charge in [-0.05, 0) is 32.2 Å². The van der Waals surface area contributed by atoms with Crippen LogP contribution in [-0.4, -0.2) is 49.5 Å². The van der Waals surface area contributed by atoms with E-state index in [4.69, 9.17) is 9.84 Å². The van der Waals surface area contributed by atoms with Gasteiger partial charge in [-0.2, -0.15) is 0 Å². The summed E-state index contributed by atoms with van der Waals surface area (Å²) in [7, 11) is 1.76. The van der Waals surface area contributed by atoms with Crippen LogP contribution in [0.3, 0.4) is 0 Å². The van der Waals surface area contributed by atoms with Crippen molar-refractivity contribution in [2.45, 2.75) is 25.9 Å². The van der Waals surface area contributed by atoms with Crippen LogP contribution in [0.1, 0.15) is 19.8 Å². The molecule has 1 aliphatic rings. The molecule has 0 bridgehead atoms. The zero-order valence-corrected chi connectivity index (χ0v) is 8.70. The van der Waals surface area contributed by atoms with E-state index in [1.165, 1.54) is 13.0 Å². The van der Waals surface area contributed by atoms with E-state index in [0.717, 1.165) is 26.1 Å². The molecule has 0 aromatic carbocycles. The summed E-state index contributed by atoms with van der Waals surface area (Å²) < 4.78 is 5.12. The maximum absolute atomic E-state index is 9.13. The number of aliphatic hydroxyl groups excluding tert-OH is 1. The van der Waals surface area contributed by atoms with Crippen molar-refractivity contribution >= 4 is 0 Å². The molecular weight excluding hydrogens is 166 g/mol. The van der Waals surface area contributed by atoms with Gasteiger partial charge in [0.25, 0.3) is 0 Å². The zero-order valence-electron chi connectivity index (χ0n) is 8.70. The van der Waals surface area contributed by atoms with Crippen molar-refractivity contribution in [2.75, 3.05) is 33.4 Å². The molecule has 0 radical (unpaired) electrons. The van der Waals surface area contributed by atoms with Crippen molar-refractivity contribution in [1.29, 1.82) is 0 Å². The predicted octanol–water partition coefficient (Wildman–Crippen LogP) is 0.726. The highest BCUT2D eigenvalue weighted by molar-refractivity contribution is 4.75. The van der Waals surface area contributed by atoms with E-state index in [-0.39, 0.29) is 6.10 Å². The van der Waals surface area contributed by atoms with Crippen LogP contribution in [0.25, 0.3) is 0 Å². The highest BCUT2D eigenvalue weighted by atomic mass is 16.5. The second-order valence-electron chi connectivity index (χ2n) is 4.05. The fourth-order valence-corrected chi connectivity index (χ4v) is 1.86. The zero-order chi connectivity index (χ0) is 9.68. The molecule has 1 N–H and O–H groups in total. The topological polar surface area (TPSA) is 32.7 Å². The molecule has 1 fully saturated rings. The molecule has 1 rings (SSSR count). The van der Waals surface area contributed by atoms with Gasteiger partial charge in [0.15, 0.2) is 0 Å². The first-order chi connectivity index (χ1) is 6.22. The van der Waals surface area contributed by atoms with Crippen molar-refractivity contribution < 1.29 is 9.84 Å². The number of aliphatic hydroxyl groups is 1. The molecule has 3 heteroatoms. The maximum atomic E-state index is 9.13. The van der Waals surface area contributed by atoms with Crippen molar-refractivity contribution in [1.82, 2.24) is 4.90 Å². The molecule has 0 aromatic rings. The molecule has 1 saturated heterocycles. The molecule has 0 amide bonds. The third kappa shape index (κ3) is 4.07. The predicted molar refractivity (Wildman–Crippen MR) is 52.7 cm³/mol. The Morgan fingerprint density at radius 1 is 1.62 bits per heavy atom. The van der Waals surface area contributed by atoms with Crippen LogP contribution in [0.5, 0.6) is 0 Å². The van der Waals surface area contributed by atoms with Gasteiger partial charge in [-0.3, -0.25) is 0 Å². The van der Waals surface area contributed by atoms with Gasteiger partial charge in [0.05, 0.1) is 12.7 Å². The van der Waals surface area contributed by atoms with E-state index in [1.54, 1.807) is 7.11 Å². The van der Waals surface area contributed by atoms with Crippen molar-refractivity contribution in [3.63, 3.8) is 0 Å². The lowest BCUT2D eigenvalue weighted by atomic mass is 10.1. The number of hydrogen-bond donors (Lipinski definition) is 1. The molecule has 0 aromatic heterocycles. The Kier molecular flexibility index (Phi) is 4.70. The number of rotatable bonds is 5. The van der Waals surface area contributed by atoms with Gasteiger partial charge in [0.2, 0.25) is 0 Å². The number of hydrogen-bond acceptors (Lipinski definition) is 3. The van der Waals surface area contributed by atoms with E-state index in [2.05, 4.69) is 4.90 Å². The fourth-order valence-electron chi connectivity index (χ4n) is 1.86. The highest BCUT2D eigenvalue weighted by Crippen LogP contribution is 2.16. The summed E-state index contributed by atoms with van der Waals surface area (Å²) in [5.41, 5.74) is 0. The number of nitrogens with zero attached hydrogens (tertiary/aromatic N) is 1. The van der Waals surface area contributed by atoms with Crippen LogP contribution in [0.15, 0.2) is 0 Å². The lowest BCUT2D eigenvalue weighted by molar-refractivity contribution is 0.144. The standard InChI is InChI=1S/C10H21NO2/c1-9(12)3-5-11-6-4-10(7-11)8-13-2/h9-10,12H,3-8H2,1-2H3. The minimum Gasteiger partial charge on any atom is -0.393 e. The number of methoxy groups -OCH3 is 1. The van der Waals surface area contributed by atoms with E-state index >= 15 is 0 Å². The van der Waals surface area contributed by atoms with E-state index in [9.17, 15) is 0 Å². The molecule has 0 spiro atoms. The first-order valence-electron chi connectivity index (χ1n) is 5.11. The van der Waals surface area contributed by atoms with Crippen LogP contribution in [0.4, 0.5) is 0 Å². The number of ether oxygens (including phenoxy) is 1. The van der Waals surface area contributed by atoms with Crippen molar-refractivity contribution in [2.24, 2.45) is 5.92 Å². The van der Waals surface area contributed by atoms with Crippen molar-refractivity contribution in [3.8, 4) is 0 Å². The minimum atomic E-state index is -0.165. The van der Waals surface area contributed by atoms with E-state index in [1.807, 2.05) is 6.92 Å². The van der Waals surface area contributed by atoms with Crippen LogP contribution in [0.2, 0.25) is 0 Å². The van der Waals surface area contributed by atoms with Gasteiger partial charge in [0.1, 0.15) is 0 Å². The quantitative estimate of drug-likeness (QED) is 0.688. The molecular formula is C10H21NO2. The van der Waals surface area contributed by atoms with E-state index < -0.39 is 0 Å². The second-order valence-corrected chi connectivity index (χ2v) is 4.05. The van der Waals surface area contributed by atoms with Gasteiger partial charge in [-0.15, -0.1) is 0 Å². The van der Waals surface area contributed by atoms with E-state index in [0.29, 0.717) is 5.92 Å². The van der Waals surface area contributed by atoms with Gasteiger partial charge in [0, 0.05) is 20.2 Å². The molecule has 2 atom stereocenters. The second kappa shape index (κ2) is 5.58. The first-order valence-corrected chi connectivity index (χ1v) is 5.11. The van der Waals surface area contributed by atoms with Crippen molar-refractivity contribution in [3.05, 3.63) is 0 Å².